The minimum absolute atomic E-state index is 0.236. The van der Waals surface area contributed by atoms with Crippen molar-refractivity contribution in [2.75, 3.05) is 0 Å². The highest BCUT2D eigenvalue weighted by Crippen LogP contribution is 2.25. The zero-order chi connectivity index (χ0) is 17.8. The molecule has 1 saturated carbocycles. The van der Waals surface area contributed by atoms with Crippen LogP contribution in [-0.2, 0) is 4.79 Å². The van der Waals surface area contributed by atoms with Crippen LogP contribution in [0.1, 0.15) is 48.2 Å². The van der Waals surface area contributed by atoms with Crippen LogP contribution >= 0.6 is 11.3 Å². The third kappa shape index (κ3) is 4.07. The van der Waals surface area contributed by atoms with E-state index < -0.39 is 11.9 Å². The molecule has 0 spiro atoms. The van der Waals surface area contributed by atoms with E-state index in [0.717, 1.165) is 30.5 Å². The van der Waals surface area contributed by atoms with Crippen LogP contribution in [-0.4, -0.2) is 28.0 Å². The quantitative estimate of drug-likeness (QED) is 0.813. The Labute approximate surface area is 151 Å². The number of hydrogen-bond acceptors (Lipinski definition) is 4. The molecular formula is C19H22N2O3S. The molecule has 0 radical (unpaired) electrons. The second kappa shape index (κ2) is 7.78. The van der Waals surface area contributed by atoms with Crippen molar-refractivity contribution in [2.24, 2.45) is 5.92 Å². The van der Waals surface area contributed by atoms with Crippen molar-refractivity contribution < 1.29 is 14.7 Å². The largest absolute Gasteiger partial charge is 0.481 e. The standard InChI is InChI=1S/C19H22N2O3S/c1-12-14(7-8-16(20-12)13-9-10-25-11-13)18(22)21-17-6-4-2-3-5-15(17)19(23)24/h7-11,15,17H,2-6H2,1H3,(H,21,22)(H,23,24)/t15-,17+/m1/s1. The molecule has 0 aliphatic heterocycles. The summed E-state index contributed by atoms with van der Waals surface area (Å²) in [5.41, 5.74) is 3.04. The molecule has 2 N–H and O–H groups in total. The number of amides is 1. The van der Waals surface area contributed by atoms with Crippen LogP contribution in [0.4, 0.5) is 0 Å². The predicted molar refractivity (Wildman–Crippen MR) is 97.8 cm³/mol. The fourth-order valence-corrected chi connectivity index (χ4v) is 4.04. The number of aryl methyl sites for hydroxylation is 1. The van der Waals surface area contributed by atoms with Crippen LogP contribution in [0, 0.1) is 12.8 Å². The molecule has 1 fully saturated rings. The summed E-state index contributed by atoms with van der Waals surface area (Å²) in [7, 11) is 0. The maximum atomic E-state index is 12.7. The monoisotopic (exact) mass is 358 g/mol. The molecule has 3 rings (SSSR count). The highest BCUT2D eigenvalue weighted by molar-refractivity contribution is 7.08. The van der Waals surface area contributed by atoms with Crippen molar-refractivity contribution in [3.8, 4) is 11.3 Å². The average molecular weight is 358 g/mol. The maximum Gasteiger partial charge on any atom is 0.308 e. The zero-order valence-electron chi connectivity index (χ0n) is 14.2. The lowest BCUT2D eigenvalue weighted by molar-refractivity contribution is -0.142. The Morgan fingerprint density at radius 2 is 2.00 bits per heavy atom. The molecule has 132 valence electrons. The van der Waals surface area contributed by atoms with E-state index in [4.69, 9.17) is 0 Å². The van der Waals surface area contributed by atoms with Crippen LogP contribution in [0.25, 0.3) is 11.3 Å². The van der Waals surface area contributed by atoms with Gasteiger partial charge >= 0.3 is 5.97 Å². The number of aromatic nitrogens is 1. The second-order valence-corrected chi connectivity index (χ2v) is 7.28. The number of carbonyl (C=O) groups excluding carboxylic acids is 1. The van der Waals surface area contributed by atoms with Gasteiger partial charge < -0.3 is 10.4 Å². The highest BCUT2D eigenvalue weighted by atomic mass is 32.1. The van der Waals surface area contributed by atoms with E-state index in [1.807, 2.05) is 29.8 Å². The first-order valence-electron chi connectivity index (χ1n) is 8.60. The lowest BCUT2D eigenvalue weighted by Crippen LogP contribution is -2.43. The van der Waals surface area contributed by atoms with Crippen molar-refractivity contribution in [3.05, 3.63) is 40.2 Å². The van der Waals surface area contributed by atoms with Crippen LogP contribution in [0.15, 0.2) is 29.0 Å². The van der Waals surface area contributed by atoms with Gasteiger partial charge in [0.05, 0.1) is 22.9 Å². The third-order valence-electron chi connectivity index (χ3n) is 4.80. The summed E-state index contributed by atoms with van der Waals surface area (Å²) in [6.45, 7) is 1.81. The number of pyridine rings is 1. The number of thiophene rings is 1. The molecule has 0 saturated heterocycles. The third-order valence-corrected chi connectivity index (χ3v) is 5.48. The minimum Gasteiger partial charge on any atom is -0.481 e. The van der Waals surface area contributed by atoms with Gasteiger partial charge in [-0.05, 0) is 43.3 Å². The Morgan fingerprint density at radius 1 is 1.20 bits per heavy atom. The number of carboxylic acid groups (broad SMARTS) is 1. The van der Waals surface area contributed by atoms with Gasteiger partial charge in [0, 0.05) is 17.0 Å². The zero-order valence-corrected chi connectivity index (χ0v) is 15.0. The summed E-state index contributed by atoms with van der Waals surface area (Å²) in [5.74, 6) is -1.57. The summed E-state index contributed by atoms with van der Waals surface area (Å²) in [6, 6.07) is 5.29. The summed E-state index contributed by atoms with van der Waals surface area (Å²) in [5, 5.41) is 16.4. The number of rotatable bonds is 4. The van der Waals surface area contributed by atoms with E-state index >= 15 is 0 Å². The number of aliphatic carboxylic acids is 1. The Kier molecular flexibility index (Phi) is 5.48. The van der Waals surface area contributed by atoms with Crippen LogP contribution in [0.5, 0.6) is 0 Å². The van der Waals surface area contributed by atoms with Crippen molar-refractivity contribution in [1.82, 2.24) is 10.3 Å². The van der Waals surface area contributed by atoms with Gasteiger partial charge in [-0.3, -0.25) is 14.6 Å². The molecule has 0 bridgehead atoms. The van der Waals surface area contributed by atoms with E-state index in [1.54, 1.807) is 17.4 Å². The SMILES string of the molecule is Cc1nc(-c2ccsc2)ccc1C(=O)N[C@H]1CCCCC[C@H]1C(=O)O. The van der Waals surface area contributed by atoms with Crippen molar-refractivity contribution in [1.29, 1.82) is 0 Å². The summed E-state index contributed by atoms with van der Waals surface area (Å²) < 4.78 is 0. The molecule has 25 heavy (non-hydrogen) atoms. The van der Waals surface area contributed by atoms with E-state index in [2.05, 4.69) is 10.3 Å². The van der Waals surface area contributed by atoms with Gasteiger partial charge in [0.15, 0.2) is 0 Å². The van der Waals surface area contributed by atoms with E-state index in [0.29, 0.717) is 24.1 Å². The molecule has 0 aromatic carbocycles. The highest BCUT2D eigenvalue weighted by Gasteiger charge is 2.31. The van der Waals surface area contributed by atoms with Gasteiger partial charge in [-0.15, -0.1) is 0 Å². The molecular weight excluding hydrogens is 336 g/mol. The number of nitrogens with zero attached hydrogens (tertiary/aromatic N) is 1. The molecule has 5 nitrogen and oxygen atoms in total. The van der Waals surface area contributed by atoms with Crippen molar-refractivity contribution >= 4 is 23.2 Å². The van der Waals surface area contributed by atoms with Gasteiger partial charge in [0.2, 0.25) is 0 Å². The van der Waals surface area contributed by atoms with Crippen LogP contribution < -0.4 is 5.32 Å². The van der Waals surface area contributed by atoms with E-state index in [-0.39, 0.29) is 11.9 Å². The number of carbonyl (C=O) groups is 2. The van der Waals surface area contributed by atoms with Gasteiger partial charge in [0.25, 0.3) is 5.91 Å². The fraction of sp³-hybridized carbons (Fsp3) is 0.421. The predicted octanol–water partition coefficient (Wildman–Crippen LogP) is 3.88. The topological polar surface area (TPSA) is 79.3 Å². The molecule has 6 heteroatoms. The molecule has 2 aromatic heterocycles. The molecule has 2 heterocycles. The van der Waals surface area contributed by atoms with Crippen molar-refractivity contribution in [3.63, 3.8) is 0 Å². The first-order valence-corrected chi connectivity index (χ1v) is 9.54. The molecule has 2 atom stereocenters. The van der Waals surface area contributed by atoms with Gasteiger partial charge in [-0.2, -0.15) is 11.3 Å². The van der Waals surface area contributed by atoms with Crippen LogP contribution in [0.2, 0.25) is 0 Å². The first-order chi connectivity index (χ1) is 12.1. The number of nitrogens with one attached hydrogen (secondary N) is 1. The number of carboxylic acids is 1. The Balaban J connectivity index is 1.77. The van der Waals surface area contributed by atoms with Gasteiger partial charge in [0.1, 0.15) is 0 Å². The normalized spacial score (nSPS) is 20.7. The summed E-state index contributed by atoms with van der Waals surface area (Å²) >= 11 is 1.60. The van der Waals surface area contributed by atoms with Gasteiger partial charge in [-0.1, -0.05) is 19.3 Å². The molecule has 0 unspecified atom stereocenters. The lowest BCUT2D eigenvalue weighted by Gasteiger charge is -2.23. The Bertz CT molecular complexity index is 758. The Morgan fingerprint density at radius 3 is 2.68 bits per heavy atom. The van der Waals surface area contributed by atoms with E-state index in [1.165, 1.54) is 0 Å². The molecule has 1 amide bonds. The lowest BCUT2D eigenvalue weighted by atomic mass is 9.94. The second-order valence-electron chi connectivity index (χ2n) is 6.50. The van der Waals surface area contributed by atoms with Crippen LogP contribution in [0.3, 0.4) is 0 Å². The average Bonchev–Trinajstić information content (AvgIpc) is 3.01. The number of hydrogen-bond donors (Lipinski definition) is 2. The van der Waals surface area contributed by atoms with E-state index in [9.17, 15) is 14.7 Å². The fourth-order valence-electron chi connectivity index (χ4n) is 3.39. The Hall–Kier alpha value is -2.21. The summed E-state index contributed by atoms with van der Waals surface area (Å²) in [6.07, 6.45) is 4.20. The molecule has 1 aliphatic rings. The molecule has 1 aliphatic carbocycles. The van der Waals surface area contributed by atoms with Gasteiger partial charge in [-0.25, -0.2) is 0 Å². The minimum atomic E-state index is -0.824. The smallest absolute Gasteiger partial charge is 0.308 e. The maximum absolute atomic E-state index is 12.7. The molecule has 2 aromatic rings. The summed E-state index contributed by atoms with van der Waals surface area (Å²) in [4.78, 5) is 28.7. The first kappa shape index (κ1) is 17.6. The van der Waals surface area contributed by atoms with Crippen molar-refractivity contribution in [2.45, 2.75) is 45.1 Å².